The first kappa shape index (κ1) is 26.7. The average Bonchev–Trinajstić information content (AvgIpc) is 3.64. The van der Waals surface area contributed by atoms with Crippen LogP contribution in [0.5, 0.6) is 17.2 Å². The Kier molecular flexibility index (Phi) is 8.88. The van der Waals surface area contributed by atoms with E-state index in [1.807, 2.05) is 43.1 Å². The minimum atomic E-state index is -0.908. The number of hydrogen-bond acceptors (Lipinski definition) is 8. The summed E-state index contributed by atoms with van der Waals surface area (Å²) in [5.41, 5.74) is 0.778. The van der Waals surface area contributed by atoms with Crippen molar-refractivity contribution in [2.45, 2.75) is 51.6 Å². The molecule has 2 aromatic rings. The van der Waals surface area contributed by atoms with E-state index in [4.69, 9.17) is 19.0 Å². The molecule has 1 amide bonds. The van der Waals surface area contributed by atoms with E-state index >= 15 is 0 Å². The highest BCUT2D eigenvalue weighted by Gasteiger charge is 2.47. The Morgan fingerprint density at radius 3 is 2.76 bits per heavy atom. The monoisotopic (exact) mass is 516 g/mol. The number of carbonyl (C=O) groups is 2. The van der Waals surface area contributed by atoms with Gasteiger partial charge in [0.1, 0.15) is 0 Å². The molecule has 1 aromatic heterocycles. The van der Waals surface area contributed by atoms with Gasteiger partial charge in [0.05, 0.1) is 26.2 Å². The molecule has 0 radical (unpaired) electrons. The number of carboxylic acids is 1. The number of aryl methyl sites for hydroxylation is 1. The van der Waals surface area contributed by atoms with Crippen LogP contribution in [0.1, 0.15) is 44.6 Å². The number of benzene rings is 1. The summed E-state index contributed by atoms with van der Waals surface area (Å²) in [6.45, 7) is 5.98. The second-order valence-corrected chi connectivity index (χ2v) is 9.31. The van der Waals surface area contributed by atoms with Crippen molar-refractivity contribution in [3.63, 3.8) is 0 Å². The maximum Gasteiger partial charge on any atom is 0.308 e. The van der Waals surface area contributed by atoms with Gasteiger partial charge >= 0.3 is 5.97 Å². The molecule has 3 atom stereocenters. The Bertz CT molecular complexity index is 1060. The molecule has 2 aliphatic heterocycles. The molecule has 0 spiro atoms. The van der Waals surface area contributed by atoms with Crippen LogP contribution in [0.2, 0.25) is 0 Å². The third kappa shape index (κ3) is 5.99. The first-order valence-corrected chi connectivity index (χ1v) is 12.8. The number of amides is 1. The molecule has 0 saturated carbocycles. The lowest BCUT2D eigenvalue weighted by Gasteiger charge is -2.29. The summed E-state index contributed by atoms with van der Waals surface area (Å²) in [4.78, 5) is 33.7. The van der Waals surface area contributed by atoms with Gasteiger partial charge in [-0.3, -0.25) is 24.0 Å². The van der Waals surface area contributed by atoms with Crippen molar-refractivity contribution in [1.29, 1.82) is 0 Å². The van der Waals surface area contributed by atoms with E-state index in [9.17, 15) is 14.7 Å². The zero-order valence-electron chi connectivity index (χ0n) is 21.7. The van der Waals surface area contributed by atoms with E-state index in [0.29, 0.717) is 49.9 Å². The molecular weight excluding hydrogens is 480 g/mol. The zero-order chi connectivity index (χ0) is 26.4. The third-order valence-electron chi connectivity index (χ3n) is 6.85. The van der Waals surface area contributed by atoms with Gasteiger partial charge in [0.15, 0.2) is 11.5 Å². The minimum Gasteiger partial charge on any atom is -0.493 e. The number of rotatable bonds is 13. The quantitative estimate of drug-likeness (QED) is 0.401. The highest BCUT2D eigenvalue weighted by molar-refractivity contribution is 5.78. The molecule has 37 heavy (non-hydrogen) atoms. The normalized spacial score (nSPS) is 20.8. The van der Waals surface area contributed by atoms with Gasteiger partial charge in [0, 0.05) is 44.0 Å². The predicted octanol–water partition coefficient (Wildman–Crippen LogP) is 2.76. The summed E-state index contributed by atoms with van der Waals surface area (Å²) in [7, 11) is 1.54. The Hall–Kier alpha value is -3.31. The summed E-state index contributed by atoms with van der Waals surface area (Å²) < 4.78 is 18.4. The summed E-state index contributed by atoms with van der Waals surface area (Å²) in [5, 5.41) is 16.1. The topological polar surface area (TPSA) is 116 Å². The molecule has 1 saturated heterocycles. The van der Waals surface area contributed by atoms with E-state index < -0.39 is 11.9 Å². The molecule has 0 bridgehead atoms. The van der Waals surface area contributed by atoms with Crippen molar-refractivity contribution >= 4 is 11.9 Å². The number of ether oxygens (including phenoxy) is 3. The molecule has 1 aromatic carbocycles. The van der Waals surface area contributed by atoms with Crippen molar-refractivity contribution < 1.29 is 33.7 Å². The molecule has 2 aliphatic rings. The van der Waals surface area contributed by atoms with Gasteiger partial charge in [-0.15, -0.1) is 0 Å². The Labute approximate surface area is 216 Å². The van der Waals surface area contributed by atoms with Gasteiger partial charge < -0.3 is 19.3 Å². The number of aliphatic carboxylic acids is 1. The lowest BCUT2D eigenvalue weighted by atomic mass is 9.84. The number of nitrogens with zero attached hydrogens (tertiary/aromatic N) is 4. The van der Waals surface area contributed by atoms with E-state index in [0.717, 1.165) is 18.4 Å². The van der Waals surface area contributed by atoms with Gasteiger partial charge in [-0.1, -0.05) is 13.8 Å². The third-order valence-corrected chi connectivity index (χ3v) is 6.85. The molecule has 11 nitrogen and oxygen atoms in total. The van der Waals surface area contributed by atoms with Gasteiger partial charge in [-0.2, -0.15) is 5.10 Å². The van der Waals surface area contributed by atoms with Crippen LogP contribution in [0, 0.1) is 5.92 Å². The van der Waals surface area contributed by atoms with Crippen LogP contribution >= 0.6 is 0 Å². The molecular formula is C26H36N4O7. The van der Waals surface area contributed by atoms with Crippen molar-refractivity contribution in [3.05, 3.63) is 36.2 Å². The van der Waals surface area contributed by atoms with Crippen LogP contribution in [0.4, 0.5) is 0 Å². The molecule has 4 rings (SSSR count). The largest absolute Gasteiger partial charge is 0.493 e. The summed E-state index contributed by atoms with van der Waals surface area (Å²) in [5.74, 6) is -0.664. The molecule has 1 fully saturated rings. The lowest BCUT2D eigenvalue weighted by Crippen LogP contribution is -2.44. The summed E-state index contributed by atoms with van der Waals surface area (Å²) in [6, 6.07) is 5.09. The summed E-state index contributed by atoms with van der Waals surface area (Å²) >= 11 is 0. The van der Waals surface area contributed by atoms with Crippen molar-refractivity contribution in [2.24, 2.45) is 5.92 Å². The molecule has 202 valence electrons. The highest BCUT2D eigenvalue weighted by Crippen LogP contribution is 2.47. The predicted molar refractivity (Wildman–Crippen MR) is 133 cm³/mol. The molecule has 1 N–H and O–H groups in total. The Morgan fingerprint density at radius 2 is 2.08 bits per heavy atom. The zero-order valence-corrected chi connectivity index (χ0v) is 21.7. The van der Waals surface area contributed by atoms with E-state index in [-0.39, 0.29) is 31.2 Å². The maximum absolute atomic E-state index is 13.3. The van der Waals surface area contributed by atoms with Gasteiger partial charge in [0.25, 0.3) is 5.91 Å². The number of likely N-dealkylation sites (tertiary alicyclic amines) is 1. The lowest BCUT2D eigenvalue weighted by molar-refractivity contribution is -0.188. The number of fused-ring (bicyclic) bond motifs is 1. The number of methoxy groups -OCH3 is 1. The number of hydroxylamine groups is 2. The fourth-order valence-corrected chi connectivity index (χ4v) is 5.17. The maximum atomic E-state index is 13.3. The highest BCUT2D eigenvalue weighted by atomic mass is 16.7. The molecule has 0 aliphatic carbocycles. The number of hydrogen-bond donors (Lipinski definition) is 1. The Morgan fingerprint density at radius 1 is 1.24 bits per heavy atom. The van der Waals surface area contributed by atoms with Crippen LogP contribution < -0.4 is 14.2 Å². The van der Waals surface area contributed by atoms with Crippen molar-refractivity contribution in [3.8, 4) is 17.2 Å². The smallest absolute Gasteiger partial charge is 0.308 e. The minimum absolute atomic E-state index is 0.0649. The van der Waals surface area contributed by atoms with E-state index in [1.165, 1.54) is 5.06 Å². The average molecular weight is 517 g/mol. The van der Waals surface area contributed by atoms with Crippen molar-refractivity contribution in [2.75, 3.05) is 40.1 Å². The first-order valence-electron chi connectivity index (χ1n) is 12.8. The van der Waals surface area contributed by atoms with Gasteiger partial charge in [-0.05, 0) is 43.0 Å². The van der Waals surface area contributed by atoms with Crippen molar-refractivity contribution in [1.82, 2.24) is 19.7 Å². The Balaban J connectivity index is 1.63. The molecule has 11 heteroatoms. The number of carboxylic acid groups (broad SMARTS) is 1. The van der Waals surface area contributed by atoms with Crippen LogP contribution in [0.25, 0.3) is 0 Å². The van der Waals surface area contributed by atoms with Gasteiger partial charge in [0.2, 0.25) is 12.5 Å². The second kappa shape index (κ2) is 12.3. The van der Waals surface area contributed by atoms with Crippen LogP contribution in [0.3, 0.4) is 0 Å². The van der Waals surface area contributed by atoms with E-state index in [2.05, 4.69) is 5.10 Å². The first-order chi connectivity index (χ1) is 18.0. The van der Waals surface area contributed by atoms with Crippen LogP contribution in [-0.4, -0.2) is 82.9 Å². The number of carbonyl (C=O) groups excluding carboxylic acids is 1. The fraction of sp³-hybridized carbons (Fsp3) is 0.577. The SMILES string of the molecule is CCCON(CCC)C(=O)CN1C[C@H](c2cc(OC)c3c(c2)OCO3)[C@@H](C(=O)O)[C@@H]1CCn1cccn1. The van der Waals surface area contributed by atoms with E-state index in [1.54, 1.807) is 18.0 Å². The van der Waals surface area contributed by atoms with Crippen LogP contribution in [0.15, 0.2) is 30.6 Å². The number of aromatic nitrogens is 2. The van der Waals surface area contributed by atoms with Crippen LogP contribution in [-0.2, 0) is 21.0 Å². The van der Waals surface area contributed by atoms with Gasteiger partial charge in [-0.25, -0.2) is 5.06 Å². The molecule has 3 heterocycles. The second-order valence-electron chi connectivity index (χ2n) is 9.31. The summed E-state index contributed by atoms with van der Waals surface area (Å²) in [6.07, 6.45) is 5.62. The fourth-order valence-electron chi connectivity index (χ4n) is 5.17. The molecule has 0 unspecified atom stereocenters. The standard InChI is InChI=1S/C26H36N4O7/c1-4-9-30(37-12-5-2)23(31)16-28-15-19(18-13-21(34-3)25-22(14-18)35-17-36-25)24(26(32)33)20(28)7-11-29-10-6-8-27-29/h6,8,10,13-14,19-20,24H,4-5,7,9,11-12,15-17H2,1-3H3,(H,32,33)/t19-,20+,24-/m1/s1.